The molecule has 3 aliphatic heterocycles. The summed E-state index contributed by atoms with van der Waals surface area (Å²) in [5.41, 5.74) is 1.41. The summed E-state index contributed by atoms with van der Waals surface area (Å²) in [6.07, 6.45) is 2.59. The minimum absolute atomic E-state index is 0.0259. The normalized spacial score (nSPS) is 27.2. The third kappa shape index (κ3) is 5.13. The molecule has 3 heterocycles. The number of benzene rings is 1. The third-order valence-electron chi connectivity index (χ3n) is 10.1. The number of rotatable bonds is 7. The molecule has 5 atom stereocenters. The molecule has 1 aromatic rings. The van der Waals surface area contributed by atoms with E-state index in [9.17, 15) is 39.3 Å². The Bertz CT molecular complexity index is 1940. The van der Waals surface area contributed by atoms with Gasteiger partial charge in [0.2, 0.25) is 11.6 Å². The fourth-order valence-electron chi connectivity index (χ4n) is 7.86. The van der Waals surface area contributed by atoms with E-state index in [0.717, 1.165) is 6.08 Å². The van der Waals surface area contributed by atoms with E-state index >= 15 is 0 Å². The molecule has 2 bridgehead atoms. The molecule has 6 rings (SSSR count). The van der Waals surface area contributed by atoms with E-state index in [0.29, 0.717) is 11.1 Å². The number of nitro groups is 1. The SMILES string of the molecule is COC1=C(C)C(=O)C2=C(C1=O)[C@H]1[C@@H]3CC4=C(C(=O)C(OC)=C(C)C4=O)[C@H](COC(=O)/C=C/c4ccc([N+](=O)[O-])cc4)N3[C@@H](C#N)[C@H](C2)N1C. The number of nitrogens with zero attached hydrogens (tertiary/aromatic N) is 4. The van der Waals surface area contributed by atoms with Gasteiger partial charge < -0.3 is 14.2 Å². The summed E-state index contributed by atoms with van der Waals surface area (Å²) >= 11 is 0. The van der Waals surface area contributed by atoms with Crippen molar-refractivity contribution in [3.8, 4) is 6.07 Å². The largest absolute Gasteiger partial charge is 0.492 e. The molecule has 0 N–H and O–H groups in total. The molecule has 2 aliphatic carbocycles. The Morgan fingerprint density at radius 3 is 2.04 bits per heavy atom. The van der Waals surface area contributed by atoms with Crippen LogP contribution in [0.4, 0.5) is 5.69 Å². The molecule has 0 amide bonds. The number of allylic oxidation sites excluding steroid dienone is 4. The second-order valence-electron chi connectivity index (χ2n) is 12.4. The van der Waals surface area contributed by atoms with Crippen molar-refractivity contribution >= 4 is 40.9 Å². The van der Waals surface area contributed by atoms with Crippen LogP contribution in [0.5, 0.6) is 0 Å². The highest BCUT2D eigenvalue weighted by Crippen LogP contribution is 2.49. The predicted molar refractivity (Wildman–Crippen MR) is 170 cm³/mol. The molecular weight excluding hydrogens is 636 g/mol. The molecule has 0 aromatic heterocycles. The van der Waals surface area contributed by atoms with Crippen molar-refractivity contribution in [2.75, 3.05) is 27.9 Å². The van der Waals surface area contributed by atoms with E-state index in [1.54, 1.807) is 11.9 Å². The maximum Gasteiger partial charge on any atom is 0.330 e. The van der Waals surface area contributed by atoms with E-state index in [4.69, 9.17) is 14.2 Å². The van der Waals surface area contributed by atoms with Gasteiger partial charge in [-0.25, -0.2) is 4.79 Å². The monoisotopic (exact) mass is 668 g/mol. The fourth-order valence-corrected chi connectivity index (χ4v) is 7.86. The van der Waals surface area contributed by atoms with Crippen molar-refractivity contribution in [3.63, 3.8) is 0 Å². The molecule has 1 saturated heterocycles. The number of hydrogen-bond donors (Lipinski definition) is 0. The van der Waals surface area contributed by atoms with E-state index < -0.39 is 65.1 Å². The number of likely N-dealkylation sites (N-methyl/N-ethyl adjacent to an activating group) is 1. The summed E-state index contributed by atoms with van der Waals surface area (Å²) in [5.74, 6) is -2.83. The Labute approximate surface area is 280 Å². The fraction of sp³-hybridized carbons (Fsp3) is 0.371. The minimum Gasteiger partial charge on any atom is -0.492 e. The number of Topliss-reactive ketones (excluding diaryl/α,β-unsaturated/α-hetero) is 4. The van der Waals surface area contributed by atoms with Crippen molar-refractivity contribution in [1.29, 1.82) is 5.26 Å². The van der Waals surface area contributed by atoms with Crippen molar-refractivity contribution < 1.29 is 43.1 Å². The highest BCUT2D eigenvalue weighted by Gasteiger charge is 2.60. The minimum atomic E-state index is -1.08. The van der Waals surface area contributed by atoms with Crippen LogP contribution < -0.4 is 0 Å². The van der Waals surface area contributed by atoms with Crippen LogP contribution in [0, 0.1) is 21.4 Å². The van der Waals surface area contributed by atoms with Crippen molar-refractivity contribution in [2.24, 2.45) is 0 Å². The second kappa shape index (κ2) is 12.5. The number of nitro benzene ring substituents is 1. The van der Waals surface area contributed by atoms with Gasteiger partial charge in [-0.1, -0.05) is 0 Å². The van der Waals surface area contributed by atoms with Crippen molar-refractivity contribution in [3.05, 3.63) is 91.0 Å². The zero-order valence-electron chi connectivity index (χ0n) is 27.3. The molecule has 0 unspecified atom stereocenters. The summed E-state index contributed by atoms with van der Waals surface area (Å²) in [4.78, 5) is 82.4. The highest BCUT2D eigenvalue weighted by atomic mass is 16.6. The Balaban J connectivity index is 1.41. The lowest BCUT2D eigenvalue weighted by Gasteiger charge is -2.60. The predicted octanol–water partition coefficient (Wildman–Crippen LogP) is 2.31. The quantitative estimate of drug-likeness (QED) is 0.136. The van der Waals surface area contributed by atoms with Gasteiger partial charge in [-0.3, -0.25) is 39.1 Å². The molecule has 252 valence electrons. The van der Waals surface area contributed by atoms with Gasteiger partial charge in [0.1, 0.15) is 12.6 Å². The Hall–Kier alpha value is -5.52. The topological polar surface area (TPSA) is 186 Å². The van der Waals surface area contributed by atoms with Crippen LogP contribution in [0.3, 0.4) is 0 Å². The van der Waals surface area contributed by atoms with Gasteiger partial charge in [0.15, 0.2) is 23.1 Å². The Kier molecular flexibility index (Phi) is 8.51. The van der Waals surface area contributed by atoms with Crippen LogP contribution >= 0.6 is 0 Å². The van der Waals surface area contributed by atoms with Crippen molar-refractivity contribution in [2.45, 2.75) is 56.9 Å². The summed E-state index contributed by atoms with van der Waals surface area (Å²) < 4.78 is 16.4. The van der Waals surface area contributed by atoms with Crippen LogP contribution in [-0.2, 0) is 38.2 Å². The smallest absolute Gasteiger partial charge is 0.330 e. The average molecular weight is 669 g/mol. The standard InChI is InChI=1S/C35H32N4O10/c1-16-30(41)20-13-23-29-28-21(31(42)17(2)35(48-5)33(28)44)12-22(37(29)3)24(14-36)38(23)25(27(20)32(43)34(16)47-4)15-49-26(40)11-8-18-6-9-19(10-7-18)39(45)46/h6-11,22-25,29H,12-13,15H2,1-5H3/b11-8+/t22-,23-,24-,25-,29+/m0/s1. The number of fused-ring (bicyclic) bond motifs is 5. The van der Waals surface area contributed by atoms with Gasteiger partial charge in [0, 0.05) is 63.7 Å². The first-order valence-corrected chi connectivity index (χ1v) is 15.5. The average Bonchev–Trinajstić information content (AvgIpc) is 3.08. The number of esters is 1. The first-order chi connectivity index (χ1) is 23.4. The summed E-state index contributed by atoms with van der Waals surface area (Å²) in [6, 6.07) is 3.72. The third-order valence-corrected chi connectivity index (χ3v) is 10.1. The number of non-ortho nitro benzene ring substituents is 1. The maximum absolute atomic E-state index is 14.0. The first-order valence-electron chi connectivity index (χ1n) is 15.5. The lowest BCUT2D eigenvalue weighted by atomic mass is 9.67. The van der Waals surface area contributed by atoms with Crippen LogP contribution in [0.25, 0.3) is 6.08 Å². The van der Waals surface area contributed by atoms with Gasteiger partial charge in [-0.15, -0.1) is 0 Å². The molecule has 5 aliphatic rings. The van der Waals surface area contributed by atoms with Gasteiger partial charge in [-0.2, -0.15) is 5.26 Å². The van der Waals surface area contributed by atoms with Gasteiger partial charge in [0.25, 0.3) is 5.69 Å². The lowest BCUT2D eigenvalue weighted by molar-refractivity contribution is -0.384. The first kappa shape index (κ1) is 33.4. The molecule has 0 spiro atoms. The summed E-state index contributed by atoms with van der Waals surface area (Å²) in [6.45, 7) is 2.58. The highest BCUT2D eigenvalue weighted by molar-refractivity contribution is 6.26. The van der Waals surface area contributed by atoms with Gasteiger partial charge >= 0.3 is 5.97 Å². The van der Waals surface area contributed by atoms with Gasteiger partial charge in [-0.05, 0) is 57.5 Å². The molecule has 14 nitrogen and oxygen atoms in total. The van der Waals surface area contributed by atoms with E-state index in [2.05, 4.69) is 6.07 Å². The summed E-state index contributed by atoms with van der Waals surface area (Å²) in [7, 11) is 4.36. The zero-order valence-corrected chi connectivity index (χ0v) is 27.3. The van der Waals surface area contributed by atoms with Crippen LogP contribution in [0.1, 0.15) is 32.3 Å². The molecule has 0 radical (unpaired) electrons. The molecule has 1 fully saturated rings. The maximum atomic E-state index is 14.0. The number of ether oxygens (including phenoxy) is 3. The van der Waals surface area contributed by atoms with E-state index in [1.165, 1.54) is 58.4 Å². The van der Waals surface area contributed by atoms with Crippen LogP contribution in [0.2, 0.25) is 0 Å². The number of hydrogen-bond acceptors (Lipinski definition) is 13. The second-order valence-corrected chi connectivity index (χ2v) is 12.4. The van der Waals surface area contributed by atoms with Gasteiger partial charge in [0.05, 0.1) is 37.3 Å². The number of carbonyl (C=O) groups is 5. The van der Waals surface area contributed by atoms with E-state index in [1.807, 2.05) is 4.90 Å². The summed E-state index contributed by atoms with van der Waals surface area (Å²) in [5, 5.41) is 21.6. The number of ketones is 4. The molecule has 14 heteroatoms. The Morgan fingerprint density at radius 1 is 0.939 bits per heavy atom. The molecule has 1 aromatic carbocycles. The van der Waals surface area contributed by atoms with E-state index in [-0.39, 0.29) is 63.7 Å². The Morgan fingerprint density at radius 2 is 1.49 bits per heavy atom. The van der Waals surface area contributed by atoms with Crippen molar-refractivity contribution in [1.82, 2.24) is 9.80 Å². The number of methoxy groups -OCH3 is 2. The zero-order chi connectivity index (χ0) is 35.5. The molecule has 49 heavy (non-hydrogen) atoms. The lowest BCUT2D eigenvalue weighted by Crippen LogP contribution is -2.74. The number of nitriles is 1. The van der Waals surface area contributed by atoms with Crippen LogP contribution in [0.15, 0.2) is 75.3 Å². The molecule has 0 saturated carbocycles. The number of carbonyl (C=O) groups excluding carboxylic acids is 5. The van der Waals surface area contributed by atoms with Crippen LogP contribution in [-0.4, -0.2) is 102 Å². The number of piperazine rings is 1. The molecular formula is C35H32N4O10.